The fourth-order valence-electron chi connectivity index (χ4n) is 3.64. The molecule has 0 spiro atoms. The molecule has 3 unspecified atom stereocenters. The lowest BCUT2D eigenvalue weighted by Gasteiger charge is -2.41. The summed E-state index contributed by atoms with van der Waals surface area (Å²) in [6.07, 6.45) is -1.97. The fraction of sp³-hybridized carbons (Fsp3) is 0.938. The van der Waals surface area contributed by atoms with E-state index >= 15 is 0 Å². The van der Waals surface area contributed by atoms with Crippen LogP contribution < -0.4 is 5.32 Å². The first-order valence-corrected chi connectivity index (χ1v) is 9.48. The second-order valence-corrected chi connectivity index (χ2v) is 7.85. The Morgan fingerprint density at radius 1 is 1.21 bits per heavy atom. The zero-order valence-electron chi connectivity index (χ0n) is 13.9. The van der Waals surface area contributed by atoms with Crippen molar-refractivity contribution in [2.75, 3.05) is 6.54 Å². The second kappa shape index (κ2) is 8.72. The summed E-state index contributed by atoms with van der Waals surface area (Å²) in [7, 11) is 0. The van der Waals surface area contributed by atoms with E-state index in [0.717, 1.165) is 19.3 Å². The van der Waals surface area contributed by atoms with Crippen LogP contribution in [0.5, 0.6) is 0 Å². The van der Waals surface area contributed by atoms with Crippen molar-refractivity contribution in [1.29, 1.82) is 5.26 Å². The summed E-state index contributed by atoms with van der Waals surface area (Å²) < 4.78 is 55.9. The third-order valence-corrected chi connectivity index (χ3v) is 6.25. The van der Waals surface area contributed by atoms with Gasteiger partial charge < -0.3 is 0 Å². The summed E-state index contributed by atoms with van der Waals surface area (Å²) in [5.41, 5.74) is 0. The molecule has 0 amide bonds. The Labute approximate surface area is 145 Å². The van der Waals surface area contributed by atoms with Crippen molar-refractivity contribution in [3.05, 3.63) is 0 Å². The molecule has 1 saturated heterocycles. The number of nitrogens with one attached hydrogen (secondary N) is 1. The van der Waals surface area contributed by atoms with Gasteiger partial charge in [-0.05, 0) is 50.9 Å². The second-order valence-electron chi connectivity index (χ2n) is 6.61. The summed E-state index contributed by atoms with van der Waals surface area (Å²) in [6.45, 7) is 1.98. The normalized spacial score (nSPS) is 33.2. The highest BCUT2D eigenvalue weighted by atomic mass is 32.2. The van der Waals surface area contributed by atoms with Gasteiger partial charge in [0.25, 0.3) is 0 Å². The van der Waals surface area contributed by atoms with E-state index in [1.54, 1.807) is 6.92 Å². The van der Waals surface area contributed by atoms with Gasteiger partial charge in [-0.1, -0.05) is 18.9 Å². The Hall–Kier alpha value is -0.520. The van der Waals surface area contributed by atoms with Gasteiger partial charge >= 0.3 is 6.18 Å². The maximum atomic E-state index is 13.7. The van der Waals surface area contributed by atoms with E-state index < -0.39 is 24.3 Å². The molecule has 0 bridgehead atoms. The lowest BCUT2D eigenvalue weighted by Crippen LogP contribution is -2.51. The van der Waals surface area contributed by atoms with Crippen molar-refractivity contribution in [3.63, 3.8) is 0 Å². The Balaban J connectivity index is 2.06. The molecular weight excluding hydrogens is 342 g/mol. The molecule has 24 heavy (non-hydrogen) atoms. The SMILES string of the molecule is CCN(SC1CCCC(C#N)N1)C(C1CCC(F)CC1)C(F)(F)F. The van der Waals surface area contributed by atoms with Crippen LogP contribution in [0.3, 0.4) is 0 Å². The average molecular weight is 367 g/mol. The van der Waals surface area contributed by atoms with E-state index in [0.29, 0.717) is 0 Å². The van der Waals surface area contributed by atoms with Gasteiger partial charge in [0.1, 0.15) is 12.2 Å². The molecule has 3 atom stereocenters. The van der Waals surface area contributed by atoms with E-state index in [2.05, 4.69) is 11.4 Å². The van der Waals surface area contributed by atoms with E-state index in [1.165, 1.54) is 16.3 Å². The van der Waals surface area contributed by atoms with Crippen LogP contribution in [0.25, 0.3) is 0 Å². The van der Waals surface area contributed by atoms with E-state index in [1.807, 2.05) is 0 Å². The van der Waals surface area contributed by atoms with E-state index in [4.69, 9.17) is 5.26 Å². The number of halogens is 4. The van der Waals surface area contributed by atoms with Crippen molar-refractivity contribution in [2.24, 2.45) is 5.92 Å². The molecule has 1 heterocycles. The van der Waals surface area contributed by atoms with Gasteiger partial charge in [-0.2, -0.15) is 18.4 Å². The van der Waals surface area contributed by atoms with Crippen LogP contribution in [-0.2, 0) is 0 Å². The van der Waals surface area contributed by atoms with Crippen molar-refractivity contribution in [1.82, 2.24) is 9.62 Å². The van der Waals surface area contributed by atoms with E-state index in [-0.39, 0.29) is 43.6 Å². The van der Waals surface area contributed by atoms with Gasteiger partial charge in [0.2, 0.25) is 0 Å². The maximum Gasteiger partial charge on any atom is 0.405 e. The molecule has 2 fully saturated rings. The Morgan fingerprint density at radius 3 is 2.42 bits per heavy atom. The summed E-state index contributed by atoms with van der Waals surface area (Å²) >= 11 is 1.17. The van der Waals surface area contributed by atoms with Crippen molar-refractivity contribution >= 4 is 11.9 Å². The van der Waals surface area contributed by atoms with Crippen LogP contribution in [0.4, 0.5) is 17.6 Å². The van der Waals surface area contributed by atoms with Gasteiger partial charge in [0.15, 0.2) is 0 Å². The largest absolute Gasteiger partial charge is 0.405 e. The minimum Gasteiger partial charge on any atom is -0.289 e. The lowest BCUT2D eigenvalue weighted by molar-refractivity contribution is -0.186. The number of nitrogens with zero attached hydrogens (tertiary/aromatic N) is 2. The number of hydrogen-bond acceptors (Lipinski definition) is 4. The standard InChI is InChI=1S/C16H25F4N3S/c1-2-23(24-14-5-3-4-13(10-21)22-14)15(16(18,19)20)11-6-8-12(17)9-7-11/h11-15,22H,2-9H2,1H3. The third-order valence-electron chi connectivity index (χ3n) is 4.87. The van der Waals surface area contributed by atoms with Crippen LogP contribution in [0.1, 0.15) is 51.9 Å². The van der Waals surface area contributed by atoms with Gasteiger partial charge in [0.05, 0.1) is 17.5 Å². The molecule has 1 saturated carbocycles. The summed E-state index contributed by atoms with van der Waals surface area (Å²) in [5, 5.41) is 12.0. The topological polar surface area (TPSA) is 39.1 Å². The van der Waals surface area contributed by atoms with Gasteiger partial charge in [-0.15, -0.1) is 0 Å². The molecule has 0 aromatic rings. The Bertz CT molecular complexity index is 432. The van der Waals surface area contributed by atoms with Crippen molar-refractivity contribution in [2.45, 2.75) is 81.7 Å². The van der Waals surface area contributed by atoms with Crippen LogP contribution in [-0.4, -0.2) is 40.7 Å². The quantitative estimate of drug-likeness (QED) is 0.577. The first kappa shape index (κ1) is 19.8. The van der Waals surface area contributed by atoms with Crippen LogP contribution in [0.2, 0.25) is 0 Å². The highest BCUT2D eigenvalue weighted by molar-refractivity contribution is 7.97. The van der Waals surface area contributed by atoms with Crippen LogP contribution in [0, 0.1) is 17.2 Å². The summed E-state index contributed by atoms with van der Waals surface area (Å²) in [5.74, 6) is -0.556. The summed E-state index contributed by atoms with van der Waals surface area (Å²) in [6, 6.07) is 0.304. The molecule has 2 aliphatic rings. The highest BCUT2D eigenvalue weighted by Gasteiger charge is 2.49. The molecule has 138 valence electrons. The first-order chi connectivity index (χ1) is 11.3. The molecule has 1 N–H and O–H groups in total. The molecular formula is C16H25F4N3S. The van der Waals surface area contributed by atoms with Gasteiger partial charge in [0, 0.05) is 6.54 Å². The number of rotatable bonds is 5. The van der Waals surface area contributed by atoms with Gasteiger partial charge in [-0.3, -0.25) is 5.32 Å². The smallest absolute Gasteiger partial charge is 0.289 e. The molecule has 3 nitrogen and oxygen atoms in total. The molecule has 2 rings (SSSR count). The van der Waals surface area contributed by atoms with Gasteiger partial charge in [-0.25, -0.2) is 8.70 Å². The number of nitriles is 1. The monoisotopic (exact) mass is 367 g/mol. The maximum absolute atomic E-state index is 13.7. The zero-order valence-corrected chi connectivity index (χ0v) is 14.7. The Kier molecular flexibility index (Phi) is 7.20. The minimum atomic E-state index is -4.33. The third kappa shape index (κ3) is 5.24. The van der Waals surface area contributed by atoms with E-state index in [9.17, 15) is 17.6 Å². The highest BCUT2D eigenvalue weighted by Crippen LogP contribution is 2.41. The number of hydrogen-bond donors (Lipinski definition) is 1. The van der Waals surface area contributed by atoms with Crippen LogP contribution in [0.15, 0.2) is 0 Å². The molecule has 0 radical (unpaired) electrons. The predicted molar refractivity (Wildman–Crippen MR) is 86.8 cm³/mol. The molecule has 1 aliphatic heterocycles. The Morgan fingerprint density at radius 2 is 1.88 bits per heavy atom. The number of alkyl halides is 4. The molecule has 8 heteroatoms. The lowest BCUT2D eigenvalue weighted by atomic mass is 9.82. The first-order valence-electron chi connectivity index (χ1n) is 8.65. The summed E-state index contributed by atoms with van der Waals surface area (Å²) in [4.78, 5) is 0. The molecule has 0 aromatic heterocycles. The average Bonchev–Trinajstić information content (AvgIpc) is 2.55. The molecule has 0 aromatic carbocycles. The predicted octanol–water partition coefficient (Wildman–Crippen LogP) is 4.41. The number of piperidine rings is 1. The fourth-order valence-corrected chi connectivity index (χ4v) is 5.04. The van der Waals surface area contributed by atoms with Crippen molar-refractivity contribution in [3.8, 4) is 6.07 Å². The van der Waals surface area contributed by atoms with Crippen molar-refractivity contribution < 1.29 is 17.6 Å². The minimum absolute atomic E-state index is 0.175. The van der Waals surface area contributed by atoms with Crippen LogP contribution >= 0.6 is 11.9 Å². The molecule has 1 aliphatic carbocycles. The zero-order chi connectivity index (χ0) is 17.7.